The number of hydrogen-bond donors (Lipinski definition) is 2. The molecule has 2 aromatic rings. The molecule has 0 aliphatic rings. The van der Waals surface area contributed by atoms with Crippen LogP contribution in [0.1, 0.15) is 47.8 Å². The fraction of sp³-hybridized carbons (Fsp3) is 0.316. The molecule has 134 valence electrons. The molecule has 5 nitrogen and oxygen atoms in total. The van der Waals surface area contributed by atoms with Gasteiger partial charge >= 0.3 is 5.97 Å². The third-order valence-corrected chi connectivity index (χ3v) is 5.58. The van der Waals surface area contributed by atoms with Gasteiger partial charge in [0.25, 0.3) is 10.0 Å². The number of sulfonamides is 1. The molecule has 0 saturated heterocycles. The van der Waals surface area contributed by atoms with E-state index in [1.54, 1.807) is 32.0 Å². The summed E-state index contributed by atoms with van der Waals surface area (Å²) in [6, 6.07) is 9.74. The van der Waals surface area contributed by atoms with Crippen LogP contribution in [0.3, 0.4) is 0 Å². The van der Waals surface area contributed by atoms with Gasteiger partial charge in [-0.15, -0.1) is 0 Å². The van der Waals surface area contributed by atoms with Crippen molar-refractivity contribution in [1.29, 1.82) is 0 Å². The lowest BCUT2D eigenvalue weighted by Crippen LogP contribution is -2.18. The fourth-order valence-electron chi connectivity index (χ4n) is 2.42. The smallest absolute Gasteiger partial charge is 0.335 e. The third kappa shape index (κ3) is 4.20. The molecule has 0 fully saturated rings. The van der Waals surface area contributed by atoms with E-state index in [1.807, 2.05) is 26.8 Å². The highest BCUT2D eigenvalue weighted by Gasteiger charge is 2.22. The van der Waals surface area contributed by atoms with Gasteiger partial charge in [0.15, 0.2) is 0 Å². The molecule has 25 heavy (non-hydrogen) atoms. The number of hydrogen-bond acceptors (Lipinski definition) is 3. The molecule has 0 radical (unpaired) electrons. The maximum absolute atomic E-state index is 12.9. The van der Waals surface area contributed by atoms with Crippen molar-refractivity contribution in [3.63, 3.8) is 0 Å². The Morgan fingerprint density at radius 2 is 1.60 bits per heavy atom. The molecule has 0 aliphatic carbocycles. The Morgan fingerprint density at radius 1 is 1.00 bits per heavy atom. The molecule has 0 atom stereocenters. The number of anilines is 1. The molecule has 6 heteroatoms. The maximum Gasteiger partial charge on any atom is 0.335 e. The zero-order chi connectivity index (χ0) is 19.0. The number of rotatable bonds is 4. The Labute approximate surface area is 148 Å². The largest absolute Gasteiger partial charge is 0.478 e. The molecule has 0 aromatic heterocycles. The number of aryl methyl sites for hydroxylation is 2. The average Bonchev–Trinajstić information content (AvgIpc) is 2.48. The van der Waals surface area contributed by atoms with Crippen LogP contribution in [0.25, 0.3) is 0 Å². The van der Waals surface area contributed by atoms with Crippen molar-refractivity contribution >= 4 is 21.7 Å². The second-order valence-electron chi connectivity index (χ2n) is 7.17. The van der Waals surface area contributed by atoms with Gasteiger partial charge in [0.2, 0.25) is 0 Å². The number of carboxylic acids is 1. The fourth-order valence-corrected chi connectivity index (χ4v) is 3.81. The van der Waals surface area contributed by atoms with Crippen molar-refractivity contribution in [3.05, 3.63) is 58.7 Å². The summed E-state index contributed by atoms with van der Waals surface area (Å²) < 4.78 is 28.3. The van der Waals surface area contributed by atoms with E-state index in [9.17, 15) is 13.2 Å². The van der Waals surface area contributed by atoms with Crippen molar-refractivity contribution in [2.24, 2.45) is 0 Å². The molecular formula is C19H23NO4S. The highest BCUT2D eigenvalue weighted by Crippen LogP contribution is 2.28. The molecule has 0 bridgehead atoms. The summed E-state index contributed by atoms with van der Waals surface area (Å²) in [6.07, 6.45) is 0. The first-order valence-corrected chi connectivity index (χ1v) is 9.38. The normalized spacial score (nSPS) is 12.0. The average molecular weight is 361 g/mol. The lowest BCUT2D eigenvalue weighted by atomic mass is 9.87. The zero-order valence-electron chi connectivity index (χ0n) is 15.0. The van der Waals surface area contributed by atoms with Crippen LogP contribution in [-0.4, -0.2) is 19.5 Å². The van der Waals surface area contributed by atoms with Gasteiger partial charge in [0.1, 0.15) is 0 Å². The van der Waals surface area contributed by atoms with Gasteiger partial charge in [-0.2, -0.15) is 0 Å². The summed E-state index contributed by atoms with van der Waals surface area (Å²) in [5.41, 5.74) is 2.31. The van der Waals surface area contributed by atoms with E-state index in [1.165, 1.54) is 12.1 Å². The Balaban J connectivity index is 2.51. The summed E-state index contributed by atoms with van der Waals surface area (Å²) in [6.45, 7) is 9.51. The molecule has 2 N–H and O–H groups in total. The van der Waals surface area contributed by atoms with Crippen LogP contribution in [0.5, 0.6) is 0 Å². The van der Waals surface area contributed by atoms with Gasteiger partial charge < -0.3 is 5.11 Å². The van der Waals surface area contributed by atoms with Gasteiger partial charge in [-0.3, -0.25) is 4.72 Å². The molecule has 0 unspecified atom stereocenters. The summed E-state index contributed by atoms with van der Waals surface area (Å²) in [4.78, 5) is 11.3. The highest BCUT2D eigenvalue weighted by atomic mass is 32.2. The van der Waals surface area contributed by atoms with E-state index in [4.69, 9.17) is 5.11 Å². The molecule has 0 aliphatic heterocycles. The predicted molar refractivity (Wildman–Crippen MR) is 98.8 cm³/mol. The SMILES string of the molecule is Cc1ccc(C(=O)O)cc1NS(=O)(=O)c1cc(C(C)(C)C)ccc1C. The quantitative estimate of drug-likeness (QED) is 0.859. The van der Waals surface area contributed by atoms with Crippen LogP contribution in [0, 0.1) is 13.8 Å². The van der Waals surface area contributed by atoms with E-state index in [0.29, 0.717) is 11.1 Å². The molecule has 2 rings (SSSR count). The van der Waals surface area contributed by atoms with Crippen molar-refractivity contribution in [1.82, 2.24) is 0 Å². The molecule has 0 saturated carbocycles. The second kappa shape index (κ2) is 6.52. The van der Waals surface area contributed by atoms with E-state index in [0.717, 1.165) is 5.56 Å². The summed E-state index contributed by atoms with van der Waals surface area (Å²) in [7, 11) is -3.83. The van der Waals surface area contributed by atoms with E-state index < -0.39 is 16.0 Å². The Bertz CT molecular complexity index is 925. The maximum atomic E-state index is 12.9. The number of carboxylic acid groups (broad SMARTS) is 1. The number of aromatic carboxylic acids is 1. The minimum Gasteiger partial charge on any atom is -0.478 e. The molecule has 0 amide bonds. The second-order valence-corrected chi connectivity index (χ2v) is 8.82. The van der Waals surface area contributed by atoms with Crippen LogP contribution in [0.4, 0.5) is 5.69 Å². The van der Waals surface area contributed by atoms with Crippen LogP contribution in [0.15, 0.2) is 41.3 Å². The molecule has 2 aromatic carbocycles. The minimum atomic E-state index is -3.83. The highest BCUT2D eigenvalue weighted by molar-refractivity contribution is 7.92. The number of carbonyl (C=O) groups is 1. The van der Waals surface area contributed by atoms with Crippen molar-refractivity contribution < 1.29 is 18.3 Å². The van der Waals surface area contributed by atoms with E-state index in [-0.39, 0.29) is 21.6 Å². The van der Waals surface area contributed by atoms with Gasteiger partial charge in [0, 0.05) is 0 Å². The van der Waals surface area contributed by atoms with Crippen molar-refractivity contribution in [2.75, 3.05) is 4.72 Å². The first kappa shape index (κ1) is 19.0. The zero-order valence-corrected chi connectivity index (χ0v) is 15.9. The third-order valence-electron chi connectivity index (χ3n) is 4.07. The minimum absolute atomic E-state index is 0.0310. The van der Waals surface area contributed by atoms with Gasteiger partial charge in [-0.05, 0) is 54.2 Å². The lowest BCUT2D eigenvalue weighted by molar-refractivity contribution is 0.0697. The summed E-state index contributed by atoms with van der Waals surface area (Å²) >= 11 is 0. The van der Waals surface area contributed by atoms with Crippen LogP contribution in [0.2, 0.25) is 0 Å². The summed E-state index contributed by atoms with van der Waals surface area (Å²) in [5, 5.41) is 9.11. The van der Waals surface area contributed by atoms with Crippen LogP contribution in [-0.2, 0) is 15.4 Å². The van der Waals surface area contributed by atoms with Gasteiger partial charge in [-0.1, -0.05) is 39.0 Å². The van der Waals surface area contributed by atoms with Crippen LogP contribution < -0.4 is 4.72 Å². The topological polar surface area (TPSA) is 83.5 Å². The molecule has 0 spiro atoms. The van der Waals surface area contributed by atoms with E-state index in [2.05, 4.69) is 4.72 Å². The van der Waals surface area contributed by atoms with Crippen LogP contribution >= 0.6 is 0 Å². The molecular weight excluding hydrogens is 338 g/mol. The predicted octanol–water partition coefficient (Wildman–Crippen LogP) is 4.10. The lowest BCUT2D eigenvalue weighted by Gasteiger charge is -2.21. The monoisotopic (exact) mass is 361 g/mol. The Kier molecular flexibility index (Phi) is 4.95. The van der Waals surface area contributed by atoms with Gasteiger partial charge in [-0.25, -0.2) is 13.2 Å². The van der Waals surface area contributed by atoms with Crippen molar-refractivity contribution in [3.8, 4) is 0 Å². The standard InChI is InChI=1S/C19H23NO4S/c1-12-6-8-14(18(21)22)10-16(12)20-25(23,24)17-11-15(19(3,4)5)9-7-13(17)2/h6-11,20H,1-5H3,(H,21,22). The van der Waals surface area contributed by atoms with E-state index >= 15 is 0 Å². The van der Waals surface area contributed by atoms with Crippen molar-refractivity contribution in [2.45, 2.75) is 44.9 Å². The first-order valence-electron chi connectivity index (χ1n) is 7.90. The number of nitrogens with one attached hydrogen (secondary N) is 1. The number of benzene rings is 2. The Hall–Kier alpha value is -2.34. The molecule has 0 heterocycles. The summed E-state index contributed by atoms with van der Waals surface area (Å²) in [5.74, 6) is -1.11. The van der Waals surface area contributed by atoms with Gasteiger partial charge in [0.05, 0.1) is 16.1 Å². The first-order chi connectivity index (χ1) is 11.4. The Morgan fingerprint density at radius 3 is 2.16 bits per heavy atom.